The Morgan fingerprint density at radius 1 is 1.21 bits per heavy atom. The molecule has 2 bridgehead atoms. The number of nitrogens with zero attached hydrogens (tertiary/aromatic N) is 2. The lowest BCUT2D eigenvalue weighted by Crippen LogP contribution is -2.47. The predicted octanol–water partition coefficient (Wildman–Crippen LogP) is 3.35. The van der Waals surface area contributed by atoms with Crippen molar-refractivity contribution in [1.29, 1.82) is 5.41 Å². The third kappa shape index (κ3) is 6.73. The molecule has 0 aromatic heterocycles. The molecule has 2 unspecified atom stereocenters. The van der Waals surface area contributed by atoms with E-state index in [-0.39, 0.29) is 5.91 Å². The molecule has 2 atom stereocenters. The summed E-state index contributed by atoms with van der Waals surface area (Å²) in [5, 5.41) is 18.1. The second-order valence-electron chi connectivity index (χ2n) is 8.69. The van der Waals surface area contributed by atoms with E-state index in [9.17, 15) is 4.79 Å². The maximum Gasteiger partial charge on any atom is 0.273 e. The number of likely N-dealkylation sites (tertiary alicyclic amines) is 2. The van der Waals surface area contributed by atoms with Crippen molar-refractivity contribution in [3.8, 4) is 0 Å². The van der Waals surface area contributed by atoms with Crippen molar-refractivity contribution in [2.75, 3.05) is 33.2 Å². The second-order valence-corrected chi connectivity index (χ2v) is 9.50. The second kappa shape index (κ2) is 11.9. The van der Waals surface area contributed by atoms with Gasteiger partial charge in [0.15, 0.2) is 0 Å². The van der Waals surface area contributed by atoms with Crippen molar-refractivity contribution in [2.24, 2.45) is 0 Å². The van der Waals surface area contributed by atoms with Gasteiger partial charge in [-0.1, -0.05) is 36.2 Å². The summed E-state index contributed by atoms with van der Waals surface area (Å²) in [5.41, 5.74) is 1.97. The summed E-state index contributed by atoms with van der Waals surface area (Å²) < 4.78 is 0. The number of hydrogen-bond acceptors (Lipinski definition) is 6. The van der Waals surface area contributed by atoms with Gasteiger partial charge in [0, 0.05) is 51.0 Å². The molecule has 180 valence electrons. The van der Waals surface area contributed by atoms with Crippen LogP contribution >= 0.6 is 23.2 Å². The number of piperazine rings is 1. The van der Waals surface area contributed by atoms with Gasteiger partial charge >= 0.3 is 0 Å². The predicted molar refractivity (Wildman–Crippen MR) is 136 cm³/mol. The molecule has 0 spiro atoms. The highest BCUT2D eigenvalue weighted by Gasteiger charge is 2.40. The molecular weight excluding hydrogens is 459 g/mol. The van der Waals surface area contributed by atoms with Crippen molar-refractivity contribution in [3.05, 3.63) is 57.0 Å². The van der Waals surface area contributed by atoms with Crippen LogP contribution in [-0.2, 0) is 11.3 Å². The first kappa shape index (κ1) is 25.6. The molecular formula is C24H34Cl2N6O. The van der Waals surface area contributed by atoms with Gasteiger partial charge in [-0.3, -0.25) is 9.69 Å². The minimum atomic E-state index is -0.264. The van der Waals surface area contributed by atoms with Gasteiger partial charge in [0.25, 0.3) is 5.91 Å². The number of carbonyl (C=O) groups excluding carboxylic acids is 1. The Morgan fingerprint density at radius 3 is 2.61 bits per heavy atom. The van der Waals surface area contributed by atoms with E-state index in [4.69, 9.17) is 28.6 Å². The Kier molecular flexibility index (Phi) is 9.20. The number of benzene rings is 1. The third-order valence-electron chi connectivity index (χ3n) is 6.29. The smallest absolute Gasteiger partial charge is 0.273 e. The standard InChI is InChI=1S/C24H34Cl2N6O/c1-4-5-22(29-13-17-6-7-20(25)21(26)10-17)30-24(33)23(16(2)12-27)28-8-9-32-15-18-11-19(32)14-31(18)3/h5-7,10,12,18-19,27-29H,4,8-9,11,13-15H2,1-3H3,(H,30,33)/b22-5+,23-16-,27-12?. The first-order valence-electron chi connectivity index (χ1n) is 11.4. The molecule has 2 aliphatic heterocycles. The fourth-order valence-electron chi connectivity index (χ4n) is 4.42. The van der Waals surface area contributed by atoms with Gasteiger partial charge in [-0.25, -0.2) is 0 Å². The van der Waals surface area contributed by atoms with Gasteiger partial charge in [-0.05, 0) is 56.2 Å². The number of likely N-dealkylation sites (N-methyl/N-ethyl adjacent to an activating group) is 1. The molecule has 0 radical (unpaired) electrons. The van der Waals surface area contributed by atoms with Gasteiger partial charge in [-0.2, -0.15) is 0 Å². The molecule has 2 saturated heterocycles. The van der Waals surface area contributed by atoms with Gasteiger partial charge in [-0.15, -0.1) is 0 Å². The third-order valence-corrected chi connectivity index (χ3v) is 7.03. The molecule has 2 fully saturated rings. The zero-order chi connectivity index (χ0) is 24.0. The Labute approximate surface area is 206 Å². The lowest BCUT2D eigenvalue weighted by Gasteiger charge is -2.32. The van der Waals surface area contributed by atoms with E-state index in [0.29, 0.717) is 52.3 Å². The van der Waals surface area contributed by atoms with Gasteiger partial charge in [0.2, 0.25) is 0 Å². The number of rotatable bonds is 11. The van der Waals surface area contributed by atoms with Gasteiger partial charge < -0.3 is 26.3 Å². The fourth-order valence-corrected chi connectivity index (χ4v) is 4.74. The summed E-state index contributed by atoms with van der Waals surface area (Å²) in [6, 6.07) is 6.71. The Hall–Kier alpha value is -2.06. The molecule has 1 aromatic carbocycles. The zero-order valence-electron chi connectivity index (χ0n) is 19.5. The van der Waals surface area contributed by atoms with E-state index in [2.05, 4.69) is 32.8 Å². The molecule has 33 heavy (non-hydrogen) atoms. The van der Waals surface area contributed by atoms with E-state index in [1.807, 2.05) is 19.1 Å². The van der Waals surface area contributed by atoms with E-state index in [1.165, 1.54) is 12.6 Å². The summed E-state index contributed by atoms with van der Waals surface area (Å²) in [6.07, 6.45) is 5.12. The minimum Gasteiger partial charge on any atom is -0.379 e. The topological polar surface area (TPSA) is 83.5 Å². The van der Waals surface area contributed by atoms with Crippen LogP contribution in [-0.4, -0.2) is 67.2 Å². The highest BCUT2D eigenvalue weighted by molar-refractivity contribution is 6.42. The summed E-state index contributed by atoms with van der Waals surface area (Å²) in [6.45, 7) is 8.00. The van der Waals surface area contributed by atoms with Crippen molar-refractivity contribution in [3.63, 3.8) is 0 Å². The number of amides is 1. The molecule has 2 heterocycles. The van der Waals surface area contributed by atoms with E-state index in [0.717, 1.165) is 31.6 Å². The van der Waals surface area contributed by atoms with Gasteiger partial charge in [0.1, 0.15) is 11.5 Å². The Balaban J connectivity index is 1.56. The first-order chi connectivity index (χ1) is 15.8. The fraction of sp³-hybridized carbons (Fsp3) is 0.500. The highest BCUT2D eigenvalue weighted by atomic mass is 35.5. The maximum absolute atomic E-state index is 13.1. The van der Waals surface area contributed by atoms with Crippen LogP contribution < -0.4 is 16.0 Å². The lowest BCUT2D eigenvalue weighted by atomic mass is 10.2. The van der Waals surface area contributed by atoms with Crippen LogP contribution in [0.25, 0.3) is 0 Å². The number of allylic oxidation sites excluding steroid dienone is 2. The molecule has 9 heteroatoms. The summed E-state index contributed by atoms with van der Waals surface area (Å²) >= 11 is 12.1. The van der Waals surface area contributed by atoms with Crippen molar-refractivity contribution < 1.29 is 4.79 Å². The van der Waals surface area contributed by atoms with E-state index >= 15 is 0 Å². The average molecular weight is 493 g/mol. The van der Waals surface area contributed by atoms with Crippen LogP contribution in [0.15, 0.2) is 41.4 Å². The molecule has 1 amide bonds. The maximum atomic E-state index is 13.1. The van der Waals surface area contributed by atoms with Crippen LogP contribution in [0.5, 0.6) is 0 Å². The SMILES string of the molecule is CC/C=C(\NCc1ccc(Cl)c(Cl)c1)NC(=O)/C(NCCN1CC2CC1CN2C)=C(\C)C=N. The molecule has 3 rings (SSSR count). The first-order valence-corrected chi connectivity index (χ1v) is 12.2. The van der Waals surface area contributed by atoms with Crippen LogP contribution in [0.3, 0.4) is 0 Å². The minimum absolute atomic E-state index is 0.264. The molecule has 2 aliphatic rings. The van der Waals surface area contributed by atoms with Crippen molar-refractivity contribution >= 4 is 35.3 Å². The van der Waals surface area contributed by atoms with Crippen molar-refractivity contribution in [2.45, 2.75) is 45.3 Å². The lowest BCUT2D eigenvalue weighted by molar-refractivity contribution is -0.117. The monoisotopic (exact) mass is 492 g/mol. The van der Waals surface area contributed by atoms with Crippen LogP contribution in [0.4, 0.5) is 0 Å². The molecule has 0 aliphatic carbocycles. The van der Waals surface area contributed by atoms with E-state index < -0.39 is 0 Å². The molecule has 4 N–H and O–H groups in total. The zero-order valence-corrected chi connectivity index (χ0v) is 21.1. The van der Waals surface area contributed by atoms with Crippen LogP contribution in [0.1, 0.15) is 32.3 Å². The number of hydrogen-bond donors (Lipinski definition) is 4. The molecule has 0 saturated carbocycles. The normalized spacial score (nSPS) is 21.7. The number of carbonyl (C=O) groups is 1. The molecule has 1 aromatic rings. The Bertz CT molecular complexity index is 930. The van der Waals surface area contributed by atoms with E-state index in [1.54, 1.807) is 19.1 Å². The van der Waals surface area contributed by atoms with Crippen LogP contribution in [0.2, 0.25) is 10.0 Å². The average Bonchev–Trinajstić information content (AvgIpc) is 3.36. The Morgan fingerprint density at radius 2 is 2.00 bits per heavy atom. The molecule has 7 nitrogen and oxygen atoms in total. The van der Waals surface area contributed by atoms with Crippen LogP contribution in [0, 0.1) is 5.41 Å². The number of halogens is 2. The number of fused-ring (bicyclic) bond motifs is 2. The largest absolute Gasteiger partial charge is 0.379 e. The highest BCUT2D eigenvalue weighted by Crippen LogP contribution is 2.28. The van der Waals surface area contributed by atoms with Crippen molar-refractivity contribution in [1.82, 2.24) is 25.8 Å². The quantitative estimate of drug-likeness (QED) is 0.281. The van der Waals surface area contributed by atoms with Gasteiger partial charge in [0.05, 0.1) is 10.0 Å². The number of nitrogens with one attached hydrogen (secondary N) is 4. The summed E-state index contributed by atoms with van der Waals surface area (Å²) in [5.74, 6) is 0.352. The summed E-state index contributed by atoms with van der Waals surface area (Å²) in [4.78, 5) is 18.0. The summed E-state index contributed by atoms with van der Waals surface area (Å²) in [7, 11) is 2.19.